The first-order valence-electron chi connectivity index (χ1n) is 7.12. The molecule has 22 heavy (non-hydrogen) atoms. The lowest BCUT2D eigenvalue weighted by Crippen LogP contribution is -2.24. The van der Waals surface area contributed by atoms with Crippen LogP contribution in [0, 0.1) is 0 Å². The van der Waals surface area contributed by atoms with E-state index >= 15 is 0 Å². The van der Waals surface area contributed by atoms with Crippen LogP contribution in [0.4, 0.5) is 5.95 Å². The number of hydrogen-bond acceptors (Lipinski definition) is 5. The van der Waals surface area contributed by atoms with Gasteiger partial charge in [0.05, 0.1) is 12.2 Å². The van der Waals surface area contributed by atoms with Gasteiger partial charge in [0.2, 0.25) is 5.95 Å². The molecule has 3 rings (SSSR count). The van der Waals surface area contributed by atoms with Gasteiger partial charge in [0.1, 0.15) is 11.9 Å². The van der Waals surface area contributed by atoms with Gasteiger partial charge in [0.25, 0.3) is 0 Å². The minimum absolute atomic E-state index is 0.0108. The van der Waals surface area contributed by atoms with Crippen LogP contribution in [0.5, 0.6) is 5.75 Å². The summed E-state index contributed by atoms with van der Waals surface area (Å²) in [7, 11) is 0. The van der Waals surface area contributed by atoms with Crippen LogP contribution in [0.15, 0.2) is 60.7 Å². The molecule has 0 spiro atoms. The molecule has 0 aliphatic heterocycles. The molecule has 2 aromatic carbocycles. The molecule has 112 valence electrons. The van der Waals surface area contributed by atoms with Crippen LogP contribution in [-0.2, 0) is 0 Å². The Balaban J connectivity index is 1.62. The Bertz CT molecular complexity index is 699. The van der Waals surface area contributed by atoms with Gasteiger partial charge < -0.3 is 10.1 Å². The summed E-state index contributed by atoms with van der Waals surface area (Å²) in [5.41, 5.74) is 0.909. The maximum atomic E-state index is 5.82. The summed E-state index contributed by atoms with van der Waals surface area (Å²) < 4.78 is 7.48. The molecule has 0 bridgehead atoms. The number of rotatable bonds is 6. The van der Waals surface area contributed by atoms with Crippen molar-refractivity contribution < 1.29 is 4.74 Å². The van der Waals surface area contributed by atoms with Crippen molar-refractivity contribution in [3.63, 3.8) is 0 Å². The van der Waals surface area contributed by atoms with E-state index in [-0.39, 0.29) is 6.10 Å². The number of anilines is 1. The summed E-state index contributed by atoms with van der Waals surface area (Å²) in [5.74, 6) is 1.44. The highest BCUT2D eigenvalue weighted by Gasteiger charge is 2.10. The third kappa shape index (κ3) is 3.41. The molecule has 6 heteroatoms. The van der Waals surface area contributed by atoms with E-state index in [1.807, 2.05) is 67.6 Å². The molecule has 0 aliphatic rings. The minimum Gasteiger partial charge on any atom is -0.489 e. The number of nitrogens with zero attached hydrogens (tertiary/aromatic N) is 4. The van der Waals surface area contributed by atoms with Crippen molar-refractivity contribution >= 4 is 5.95 Å². The van der Waals surface area contributed by atoms with E-state index in [2.05, 4.69) is 20.8 Å². The average molecular weight is 295 g/mol. The molecule has 1 N–H and O–H groups in total. The fraction of sp³-hybridized carbons (Fsp3) is 0.188. The van der Waals surface area contributed by atoms with E-state index in [1.165, 1.54) is 0 Å². The number of hydrogen-bond donors (Lipinski definition) is 1. The lowest BCUT2D eigenvalue weighted by Gasteiger charge is -2.15. The average Bonchev–Trinajstić information content (AvgIpc) is 3.03. The third-order valence-electron chi connectivity index (χ3n) is 3.10. The maximum absolute atomic E-state index is 5.82. The van der Waals surface area contributed by atoms with Gasteiger partial charge in [0.15, 0.2) is 0 Å². The molecule has 1 aromatic heterocycles. The van der Waals surface area contributed by atoms with Gasteiger partial charge in [-0.1, -0.05) is 41.5 Å². The van der Waals surface area contributed by atoms with Gasteiger partial charge in [-0.3, -0.25) is 0 Å². The van der Waals surface area contributed by atoms with E-state index < -0.39 is 0 Å². The number of tetrazole rings is 1. The highest BCUT2D eigenvalue weighted by atomic mass is 16.5. The largest absolute Gasteiger partial charge is 0.489 e. The zero-order valence-corrected chi connectivity index (χ0v) is 12.3. The highest BCUT2D eigenvalue weighted by Crippen LogP contribution is 2.13. The first-order valence-corrected chi connectivity index (χ1v) is 7.12. The summed E-state index contributed by atoms with van der Waals surface area (Å²) in [5, 5.41) is 14.9. The number of aromatic nitrogens is 4. The van der Waals surface area contributed by atoms with Gasteiger partial charge in [-0.2, -0.15) is 4.68 Å². The topological polar surface area (TPSA) is 64.9 Å². The summed E-state index contributed by atoms with van der Waals surface area (Å²) >= 11 is 0. The predicted molar refractivity (Wildman–Crippen MR) is 84.2 cm³/mol. The number of ether oxygens (including phenoxy) is 1. The molecule has 0 aliphatic carbocycles. The Morgan fingerprint density at radius 2 is 1.73 bits per heavy atom. The van der Waals surface area contributed by atoms with Crippen molar-refractivity contribution in [1.29, 1.82) is 0 Å². The standard InChI is InChI=1S/C16H17N5O/c1-13(22-15-10-6-3-7-11-15)12-17-16-18-19-20-21(16)14-8-4-2-5-9-14/h2-11,13H,12H2,1H3,(H,17,18,20). The Labute approximate surface area is 128 Å². The van der Waals surface area contributed by atoms with Crippen LogP contribution in [0.25, 0.3) is 5.69 Å². The van der Waals surface area contributed by atoms with E-state index in [1.54, 1.807) is 4.68 Å². The van der Waals surface area contributed by atoms with Crippen LogP contribution in [-0.4, -0.2) is 32.9 Å². The molecule has 0 saturated heterocycles. The number of para-hydroxylation sites is 2. The van der Waals surface area contributed by atoms with E-state index in [4.69, 9.17) is 4.74 Å². The van der Waals surface area contributed by atoms with Crippen molar-refractivity contribution in [3.05, 3.63) is 60.7 Å². The first-order chi connectivity index (χ1) is 10.8. The van der Waals surface area contributed by atoms with Gasteiger partial charge in [-0.25, -0.2) is 0 Å². The zero-order chi connectivity index (χ0) is 15.2. The van der Waals surface area contributed by atoms with E-state index in [0.29, 0.717) is 12.5 Å². The van der Waals surface area contributed by atoms with E-state index in [9.17, 15) is 0 Å². The van der Waals surface area contributed by atoms with Crippen LogP contribution in [0.1, 0.15) is 6.92 Å². The van der Waals surface area contributed by atoms with Gasteiger partial charge >= 0.3 is 0 Å². The van der Waals surface area contributed by atoms with Crippen LogP contribution in [0.2, 0.25) is 0 Å². The summed E-state index contributed by atoms with van der Waals surface area (Å²) in [6.07, 6.45) is -0.0108. The van der Waals surface area contributed by atoms with Crippen molar-refractivity contribution in [1.82, 2.24) is 20.2 Å². The molecule has 0 radical (unpaired) electrons. The number of nitrogens with one attached hydrogen (secondary N) is 1. The normalized spacial score (nSPS) is 11.9. The molecule has 0 amide bonds. The quantitative estimate of drug-likeness (QED) is 0.757. The molecular formula is C16H17N5O. The summed E-state index contributed by atoms with van der Waals surface area (Å²) in [4.78, 5) is 0. The zero-order valence-electron chi connectivity index (χ0n) is 12.3. The predicted octanol–water partition coefficient (Wildman–Crippen LogP) is 2.54. The second-order valence-corrected chi connectivity index (χ2v) is 4.87. The second kappa shape index (κ2) is 6.71. The van der Waals surface area contributed by atoms with Gasteiger partial charge in [-0.05, 0) is 41.6 Å². The summed E-state index contributed by atoms with van der Waals surface area (Å²) in [6, 6.07) is 19.5. The summed E-state index contributed by atoms with van der Waals surface area (Å²) in [6.45, 7) is 2.60. The molecule has 0 saturated carbocycles. The van der Waals surface area contributed by atoms with E-state index in [0.717, 1.165) is 11.4 Å². The fourth-order valence-electron chi connectivity index (χ4n) is 2.05. The Kier molecular flexibility index (Phi) is 4.29. The Morgan fingerprint density at radius 3 is 2.45 bits per heavy atom. The van der Waals surface area contributed by atoms with Crippen LogP contribution in [0.3, 0.4) is 0 Å². The van der Waals surface area contributed by atoms with Crippen LogP contribution < -0.4 is 10.1 Å². The molecule has 6 nitrogen and oxygen atoms in total. The molecular weight excluding hydrogens is 278 g/mol. The number of benzene rings is 2. The third-order valence-corrected chi connectivity index (χ3v) is 3.10. The second-order valence-electron chi connectivity index (χ2n) is 4.87. The van der Waals surface area contributed by atoms with Gasteiger partial charge in [0, 0.05) is 0 Å². The first kappa shape index (κ1) is 14.1. The highest BCUT2D eigenvalue weighted by molar-refractivity contribution is 5.38. The Morgan fingerprint density at radius 1 is 1.05 bits per heavy atom. The fourth-order valence-corrected chi connectivity index (χ4v) is 2.05. The molecule has 1 atom stereocenters. The van der Waals surface area contributed by atoms with Gasteiger partial charge in [-0.15, -0.1) is 0 Å². The SMILES string of the molecule is CC(CNc1nnnn1-c1ccccc1)Oc1ccccc1. The molecule has 0 fully saturated rings. The van der Waals surface area contributed by atoms with Crippen molar-refractivity contribution in [2.24, 2.45) is 0 Å². The van der Waals surface area contributed by atoms with Crippen LogP contribution >= 0.6 is 0 Å². The lowest BCUT2D eigenvalue weighted by molar-refractivity contribution is 0.234. The molecule has 1 heterocycles. The van der Waals surface area contributed by atoms with Crippen molar-refractivity contribution in [2.75, 3.05) is 11.9 Å². The Hall–Kier alpha value is -2.89. The van der Waals surface area contributed by atoms with Crippen molar-refractivity contribution in [2.45, 2.75) is 13.0 Å². The maximum Gasteiger partial charge on any atom is 0.247 e. The molecule has 3 aromatic rings. The van der Waals surface area contributed by atoms with Crippen molar-refractivity contribution in [3.8, 4) is 11.4 Å². The molecule has 1 unspecified atom stereocenters. The minimum atomic E-state index is -0.0108. The monoisotopic (exact) mass is 295 g/mol. The lowest BCUT2D eigenvalue weighted by atomic mass is 10.3. The smallest absolute Gasteiger partial charge is 0.247 e.